The predicted octanol–water partition coefficient (Wildman–Crippen LogP) is 3.24. The van der Waals surface area contributed by atoms with Crippen molar-refractivity contribution in [3.8, 4) is 0 Å². The number of carbonyl (C=O) groups is 1. The minimum atomic E-state index is -0.0390. The molecule has 4 heteroatoms. The summed E-state index contributed by atoms with van der Waals surface area (Å²) < 4.78 is 5.55. The second-order valence-electron chi connectivity index (χ2n) is 7.68. The molecule has 0 aromatic heterocycles. The van der Waals surface area contributed by atoms with Gasteiger partial charge >= 0.3 is 5.97 Å². The first-order chi connectivity index (χ1) is 9.99. The van der Waals surface area contributed by atoms with Crippen LogP contribution in [0.3, 0.4) is 0 Å². The highest BCUT2D eigenvalue weighted by Gasteiger charge is 2.44. The number of rotatable bonds is 3. The molecule has 21 heavy (non-hydrogen) atoms. The Bertz CT molecular complexity index is 399. The summed E-state index contributed by atoms with van der Waals surface area (Å²) in [6.07, 6.45) is 7.53. The molecule has 0 spiro atoms. The summed E-state index contributed by atoms with van der Waals surface area (Å²) in [4.78, 5) is 11.6. The van der Waals surface area contributed by atoms with E-state index in [9.17, 15) is 10.0 Å². The van der Waals surface area contributed by atoms with Crippen molar-refractivity contribution in [1.82, 2.24) is 0 Å². The summed E-state index contributed by atoms with van der Waals surface area (Å²) in [5, 5.41) is 13.0. The molecule has 0 amide bonds. The van der Waals surface area contributed by atoms with Crippen LogP contribution in [0.4, 0.5) is 0 Å². The van der Waals surface area contributed by atoms with Crippen LogP contribution in [0.2, 0.25) is 0 Å². The Kier molecular flexibility index (Phi) is 4.28. The third-order valence-electron chi connectivity index (χ3n) is 6.13. The van der Waals surface area contributed by atoms with Gasteiger partial charge in [-0.15, -0.1) is 0 Å². The average Bonchev–Trinajstić information content (AvgIpc) is 2.89. The number of carbonyl (C=O) groups excluding carboxylic acids is 1. The molecular formula is C17H29NO3. The predicted molar refractivity (Wildman–Crippen MR) is 81.2 cm³/mol. The van der Waals surface area contributed by atoms with Crippen LogP contribution in [0.5, 0.6) is 0 Å². The Morgan fingerprint density at radius 3 is 2.76 bits per heavy atom. The minimum absolute atomic E-state index is 0.0390. The number of hydroxylamine groups is 3. The van der Waals surface area contributed by atoms with Gasteiger partial charge in [-0.3, -0.25) is 4.79 Å². The summed E-state index contributed by atoms with van der Waals surface area (Å²) in [6, 6.07) is 0.303. The molecule has 3 saturated heterocycles. The first kappa shape index (κ1) is 15.3. The second-order valence-corrected chi connectivity index (χ2v) is 7.68. The highest BCUT2D eigenvalue weighted by molar-refractivity contribution is 5.74. The van der Waals surface area contributed by atoms with Crippen molar-refractivity contribution >= 4 is 5.97 Å². The molecule has 3 heterocycles. The van der Waals surface area contributed by atoms with Crippen LogP contribution in [-0.4, -0.2) is 35.9 Å². The maximum atomic E-state index is 13.0. The van der Waals surface area contributed by atoms with E-state index in [-0.39, 0.29) is 22.6 Å². The average molecular weight is 295 g/mol. The molecule has 3 aliphatic rings. The Morgan fingerprint density at radius 1 is 1.29 bits per heavy atom. The zero-order chi connectivity index (χ0) is 15.0. The number of cyclic esters (lactones) is 1. The lowest BCUT2D eigenvalue weighted by molar-refractivity contribution is -0.895. The lowest BCUT2D eigenvalue weighted by Gasteiger charge is -2.47. The quantitative estimate of drug-likeness (QED) is 0.456. The molecule has 0 bridgehead atoms. The molecule has 0 radical (unpaired) electrons. The van der Waals surface area contributed by atoms with E-state index in [1.54, 1.807) is 0 Å². The molecule has 4 nitrogen and oxygen atoms in total. The first-order valence-corrected chi connectivity index (χ1v) is 8.78. The van der Waals surface area contributed by atoms with Gasteiger partial charge in [0.15, 0.2) is 0 Å². The number of nitrogens with zero attached hydrogens (tertiary/aromatic N) is 1. The highest BCUT2D eigenvalue weighted by Crippen LogP contribution is 2.42. The number of ether oxygens (including phenoxy) is 1. The molecule has 3 rings (SSSR count). The second kappa shape index (κ2) is 5.88. The fourth-order valence-electron chi connectivity index (χ4n) is 4.98. The van der Waals surface area contributed by atoms with Crippen molar-refractivity contribution in [2.24, 2.45) is 17.8 Å². The molecule has 0 saturated carbocycles. The number of hydrogen-bond acceptors (Lipinski definition) is 3. The number of hydrogen-bond donors (Lipinski definition) is 0. The molecule has 3 aliphatic heterocycles. The van der Waals surface area contributed by atoms with E-state index in [0.717, 1.165) is 45.2 Å². The van der Waals surface area contributed by atoms with Gasteiger partial charge in [-0.1, -0.05) is 13.8 Å². The van der Waals surface area contributed by atoms with Crippen LogP contribution >= 0.6 is 0 Å². The molecule has 0 unspecified atom stereocenters. The zero-order valence-electron chi connectivity index (χ0n) is 13.4. The van der Waals surface area contributed by atoms with Gasteiger partial charge in [0.2, 0.25) is 0 Å². The van der Waals surface area contributed by atoms with E-state index in [0.29, 0.717) is 17.9 Å². The highest BCUT2D eigenvalue weighted by atomic mass is 16.6. The van der Waals surface area contributed by atoms with E-state index < -0.39 is 0 Å². The standard InChI is InChI=1S/C17H29NO3/c1-12(10-14-11-13(2)17(19)21-14)15-6-3-4-8-18(20)9-5-7-16(15)18/h12-16H,3-11H2,1-2H3/t12-,13-,14+,15-,16+,18-/m1/s1. The number of fused-ring (bicyclic) bond motifs is 1. The normalized spacial score (nSPS) is 45.0. The van der Waals surface area contributed by atoms with Crippen molar-refractivity contribution in [3.63, 3.8) is 0 Å². The van der Waals surface area contributed by atoms with E-state index >= 15 is 0 Å². The lowest BCUT2D eigenvalue weighted by Crippen LogP contribution is -2.50. The molecule has 120 valence electrons. The van der Waals surface area contributed by atoms with Crippen LogP contribution in [0.15, 0.2) is 0 Å². The lowest BCUT2D eigenvalue weighted by atomic mass is 9.79. The molecule has 0 aliphatic carbocycles. The summed E-state index contributed by atoms with van der Waals surface area (Å²) in [6.45, 7) is 5.87. The minimum Gasteiger partial charge on any atom is -0.633 e. The topological polar surface area (TPSA) is 49.4 Å². The van der Waals surface area contributed by atoms with E-state index in [1.165, 1.54) is 12.8 Å². The van der Waals surface area contributed by atoms with Crippen molar-refractivity contribution in [2.75, 3.05) is 13.1 Å². The van der Waals surface area contributed by atoms with Crippen LogP contribution < -0.4 is 0 Å². The fourth-order valence-corrected chi connectivity index (χ4v) is 4.98. The maximum Gasteiger partial charge on any atom is 0.309 e. The van der Waals surface area contributed by atoms with E-state index in [1.807, 2.05) is 6.92 Å². The van der Waals surface area contributed by atoms with Gasteiger partial charge in [-0.25, -0.2) is 0 Å². The molecule has 0 aromatic carbocycles. The van der Waals surface area contributed by atoms with Gasteiger partial charge in [0, 0.05) is 18.8 Å². The Labute approximate surface area is 128 Å². The Balaban J connectivity index is 1.65. The SMILES string of the molecule is C[C@@H]1C[C@H](C[C@@H](C)[C@H]2CCCC[N@@+]3([O-])CCC[C@@H]23)OC1=O. The van der Waals surface area contributed by atoms with E-state index in [4.69, 9.17) is 4.74 Å². The Hall–Kier alpha value is -0.610. The number of quaternary nitrogens is 1. The van der Waals surface area contributed by atoms with Gasteiger partial charge in [0.05, 0.1) is 25.0 Å². The summed E-state index contributed by atoms with van der Waals surface area (Å²) in [5.41, 5.74) is 0. The van der Waals surface area contributed by atoms with Gasteiger partial charge < -0.3 is 14.6 Å². The summed E-state index contributed by atoms with van der Waals surface area (Å²) >= 11 is 0. The molecule has 0 aromatic rings. The van der Waals surface area contributed by atoms with Gasteiger partial charge in [0.1, 0.15) is 6.10 Å². The van der Waals surface area contributed by atoms with Crippen LogP contribution in [0.1, 0.15) is 58.8 Å². The van der Waals surface area contributed by atoms with Crippen LogP contribution in [-0.2, 0) is 9.53 Å². The zero-order valence-corrected chi connectivity index (χ0v) is 13.4. The molecule has 3 fully saturated rings. The third kappa shape index (κ3) is 2.98. The molecular weight excluding hydrogens is 266 g/mol. The van der Waals surface area contributed by atoms with Crippen molar-refractivity contribution in [3.05, 3.63) is 5.21 Å². The molecule has 6 atom stereocenters. The van der Waals surface area contributed by atoms with E-state index in [2.05, 4.69) is 6.92 Å². The third-order valence-corrected chi connectivity index (χ3v) is 6.13. The van der Waals surface area contributed by atoms with Crippen molar-refractivity contribution < 1.29 is 14.2 Å². The van der Waals surface area contributed by atoms with Crippen LogP contribution in [0.25, 0.3) is 0 Å². The monoisotopic (exact) mass is 295 g/mol. The van der Waals surface area contributed by atoms with Crippen LogP contribution in [0, 0.1) is 23.0 Å². The molecule has 0 N–H and O–H groups in total. The van der Waals surface area contributed by atoms with Gasteiger partial charge in [-0.05, 0) is 38.0 Å². The van der Waals surface area contributed by atoms with Gasteiger partial charge in [0.25, 0.3) is 0 Å². The number of esters is 1. The summed E-state index contributed by atoms with van der Waals surface area (Å²) in [5.74, 6) is 1.02. The fraction of sp³-hybridized carbons (Fsp3) is 0.941. The van der Waals surface area contributed by atoms with Crippen molar-refractivity contribution in [2.45, 2.75) is 70.9 Å². The largest absolute Gasteiger partial charge is 0.633 e. The maximum absolute atomic E-state index is 13.0. The van der Waals surface area contributed by atoms with Gasteiger partial charge in [-0.2, -0.15) is 0 Å². The smallest absolute Gasteiger partial charge is 0.309 e. The summed E-state index contributed by atoms with van der Waals surface area (Å²) in [7, 11) is 0. The first-order valence-electron chi connectivity index (χ1n) is 8.78. The Morgan fingerprint density at radius 2 is 2.05 bits per heavy atom. The van der Waals surface area contributed by atoms with Crippen molar-refractivity contribution in [1.29, 1.82) is 0 Å².